The maximum atomic E-state index is 11.8. The van der Waals surface area contributed by atoms with E-state index in [1.54, 1.807) is 0 Å². The van der Waals surface area contributed by atoms with Crippen molar-refractivity contribution in [1.82, 2.24) is 10.2 Å². The summed E-state index contributed by atoms with van der Waals surface area (Å²) in [7, 11) is 0. The van der Waals surface area contributed by atoms with Gasteiger partial charge in [-0.2, -0.15) is 0 Å². The van der Waals surface area contributed by atoms with Crippen molar-refractivity contribution >= 4 is 5.91 Å². The zero-order chi connectivity index (χ0) is 12.1. The van der Waals surface area contributed by atoms with E-state index in [4.69, 9.17) is 0 Å². The van der Waals surface area contributed by atoms with Gasteiger partial charge in [-0.05, 0) is 25.7 Å². The molecule has 0 spiro atoms. The van der Waals surface area contributed by atoms with E-state index >= 15 is 0 Å². The van der Waals surface area contributed by atoms with Gasteiger partial charge in [-0.15, -0.1) is 0 Å². The topological polar surface area (TPSA) is 52.6 Å². The summed E-state index contributed by atoms with van der Waals surface area (Å²) in [5, 5.41) is 12.3. The fourth-order valence-corrected chi connectivity index (χ4v) is 1.92. The van der Waals surface area contributed by atoms with Crippen LogP contribution in [0, 0.1) is 5.92 Å². The van der Waals surface area contributed by atoms with Gasteiger partial charge in [-0.3, -0.25) is 9.69 Å². The van der Waals surface area contributed by atoms with E-state index in [0.29, 0.717) is 12.5 Å². The number of hydrogen-bond donors (Lipinski definition) is 2. The molecule has 1 rings (SSSR count). The minimum atomic E-state index is -0.258. The Morgan fingerprint density at radius 1 is 1.50 bits per heavy atom. The summed E-state index contributed by atoms with van der Waals surface area (Å²) in [6, 6.07) is -0.121. The molecule has 1 saturated heterocycles. The Kier molecular flexibility index (Phi) is 5.22. The van der Waals surface area contributed by atoms with Gasteiger partial charge in [-0.1, -0.05) is 13.8 Å². The lowest BCUT2D eigenvalue weighted by atomic mass is 10.1. The Balaban J connectivity index is 2.25. The molecule has 0 aromatic rings. The van der Waals surface area contributed by atoms with Crippen LogP contribution in [0.2, 0.25) is 0 Å². The Hall–Kier alpha value is -0.610. The molecule has 1 aliphatic rings. The minimum Gasteiger partial charge on any atom is -0.392 e. The van der Waals surface area contributed by atoms with E-state index in [1.807, 2.05) is 11.8 Å². The van der Waals surface area contributed by atoms with Crippen molar-refractivity contribution in [3.63, 3.8) is 0 Å². The molecular weight excluding hydrogens is 204 g/mol. The van der Waals surface area contributed by atoms with Gasteiger partial charge in [0.05, 0.1) is 12.1 Å². The molecule has 1 heterocycles. The Labute approximate surface area is 98.0 Å². The fraction of sp³-hybridized carbons (Fsp3) is 0.917. The third-order valence-electron chi connectivity index (χ3n) is 3.14. The molecule has 1 fully saturated rings. The van der Waals surface area contributed by atoms with E-state index in [2.05, 4.69) is 19.2 Å². The van der Waals surface area contributed by atoms with Crippen LogP contribution in [0.5, 0.6) is 0 Å². The minimum absolute atomic E-state index is 0.0785. The lowest BCUT2D eigenvalue weighted by Gasteiger charge is -2.23. The molecule has 2 atom stereocenters. The highest BCUT2D eigenvalue weighted by Gasteiger charge is 2.28. The van der Waals surface area contributed by atoms with Gasteiger partial charge in [0.2, 0.25) is 5.91 Å². The van der Waals surface area contributed by atoms with Crippen LogP contribution >= 0.6 is 0 Å². The number of aliphatic hydroxyl groups excluding tert-OH is 1. The average molecular weight is 228 g/mol. The van der Waals surface area contributed by atoms with Crippen LogP contribution in [0.1, 0.15) is 33.6 Å². The molecule has 0 aliphatic carbocycles. The average Bonchev–Trinajstić information content (AvgIpc) is 2.63. The summed E-state index contributed by atoms with van der Waals surface area (Å²) < 4.78 is 0. The molecule has 1 amide bonds. The Morgan fingerprint density at radius 2 is 2.19 bits per heavy atom. The lowest BCUT2D eigenvalue weighted by molar-refractivity contribution is -0.125. The smallest absolute Gasteiger partial charge is 0.237 e. The van der Waals surface area contributed by atoms with Crippen LogP contribution in [-0.2, 0) is 4.79 Å². The number of hydrogen-bond acceptors (Lipinski definition) is 3. The van der Waals surface area contributed by atoms with Crippen molar-refractivity contribution in [3.8, 4) is 0 Å². The molecule has 16 heavy (non-hydrogen) atoms. The summed E-state index contributed by atoms with van der Waals surface area (Å²) in [5.74, 6) is 0.693. The predicted molar refractivity (Wildman–Crippen MR) is 64.1 cm³/mol. The van der Waals surface area contributed by atoms with Gasteiger partial charge in [0, 0.05) is 19.6 Å². The number of nitrogens with zero attached hydrogens (tertiary/aromatic N) is 1. The molecule has 2 N–H and O–H groups in total. The molecule has 2 unspecified atom stereocenters. The number of rotatable bonds is 5. The van der Waals surface area contributed by atoms with Crippen molar-refractivity contribution in [2.45, 2.75) is 45.8 Å². The number of nitrogens with one attached hydrogen (secondary N) is 1. The number of carbonyl (C=O) groups is 1. The van der Waals surface area contributed by atoms with Crippen LogP contribution in [0.3, 0.4) is 0 Å². The van der Waals surface area contributed by atoms with Crippen molar-refractivity contribution in [2.75, 3.05) is 19.6 Å². The molecule has 1 aliphatic heterocycles. The van der Waals surface area contributed by atoms with Gasteiger partial charge < -0.3 is 10.4 Å². The summed E-state index contributed by atoms with van der Waals surface area (Å²) in [4.78, 5) is 13.8. The van der Waals surface area contributed by atoms with E-state index in [-0.39, 0.29) is 18.1 Å². The maximum absolute atomic E-state index is 11.8. The first-order chi connectivity index (χ1) is 7.50. The molecule has 4 heteroatoms. The number of carbonyl (C=O) groups excluding carboxylic acids is 1. The predicted octanol–water partition coefficient (Wildman–Crippen LogP) is 0.604. The largest absolute Gasteiger partial charge is 0.392 e. The first-order valence-electron chi connectivity index (χ1n) is 6.20. The van der Waals surface area contributed by atoms with Crippen molar-refractivity contribution in [2.24, 2.45) is 5.92 Å². The molecular formula is C12H24N2O2. The normalized spacial score (nSPS) is 23.7. The molecule has 94 valence electrons. The van der Waals surface area contributed by atoms with Crippen molar-refractivity contribution in [3.05, 3.63) is 0 Å². The first kappa shape index (κ1) is 13.5. The van der Waals surface area contributed by atoms with Crippen molar-refractivity contribution in [1.29, 1.82) is 0 Å². The molecule has 0 saturated carbocycles. The van der Waals surface area contributed by atoms with Gasteiger partial charge in [0.15, 0.2) is 0 Å². The number of amides is 1. The highest BCUT2D eigenvalue weighted by atomic mass is 16.3. The van der Waals surface area contributed by atoms with Gasteiger partial charge >= 0.3 is 0 Å². The van der Waals surface area contributed by atoms with Crippen LogP contribution in [0.25, 0.3) is 0 Å². The van der Waals surface area contributed by atoms with Crippen LogP contribution in [0.4, 0.5) is 0 Å². The number of likely N-dealkylation sites (tertiary alicyclic amines) is 1. The molecule has 0 bridgehead atoms. The third-order valence-corrected chi connectivity index (χ3v) is 3.14. The van der Waals surface area contributed by atoms with Crippen molar-refractivity contribution < 1.29 is 9.90 Å². The Morgan fingerprint density at radius 3 is 2.69 bits per heavy atom. The second-order valence-electron chi connectivity index (χ2n) is 5.09. The second-order valence-corrected chi connectivity index (χ2v) is 5.09. The Bertz CT molecular complexity index is 231. The summed E-state index contributed by atoms with van der Waals surface area (Å²) in [6.45, 7) is 8.39. The SMILES string of the molecule is CC(C)CCNC(=O)C(C)N1CCC(O)C1. The van der Waals surface area contributed by atoms with Crippen LogP contribution in [-0.4, -0.2) is 47.7 Å². The highest BCUT2D eigenvalue weighted by Crippen LogP contribution is 2.12. The van der Waals surface area contributed by atoms with E-state index in [0.717, 1.165) is 25.9 Å². The van der Waals surface area contributed by atoms with E-state index in [1.165, 1.54) is 0 Å². The third kappa shape index (κ3) is 4.10. The summed E-state index contributed by atoms with van der Waals surface area (Å²) in [5.41, 5.74) is 0. The zero-order valence-corrected chi connectivity index (χ0v) is 10.6. The molecule has 0 aromatic carbocycles. The second kappa shape index (κ2) is 6.21. The fourth-order valence-electron chi connectivity index (χ4n) is 1.92. The van der Waals surface area contributed by atoms with Gasteiger partial charge in [0.1, 0.15) is 0 Å². The maximum Gasteiger partial charge on any atom is 0.237 e. The quantitative estimate of drug-likeness (QED) is 0.724. The van der Waals surface area contributed by atoms with Gasteiger partial charge in [-0.25, -0.2) is 0 Å². The van der Waals surface area contributed by atoms with Crippen LogP contribution in [0.15, 0.2) is 0 Å². The van der Waals surface area contributed by atoms with Gasteiger partial charge in [0.25, 0.3) is 0 Å². The number of aliphatic hydroxyl groups is 1. The number of β-amino-alcohol motifs (C(OH)–C–C–N with tert-alkyl or cyclic N) is 1. The zero-order valence-electron chi connectivity index (χ0n) is 10.6. The monoisotopic (exact) mass is 228 g/mol. The summed E-state index contributed by atoms with van der Waals surface area (Å²) in [6.07, 6.45) is 1.54. The summed E-state index contributed by atoms with van der Waals surface area (Å²) >= 11 is 0. The van der Waals surface area contributed by atoms with Crippen LogP contribution < -0.4 is 5.32 Å². The molecule has 0 aromatic heterocycles. The van der Waals surface area contributed by atoms with E-state index < -0.39 is 0 Å². The highest BCUT2D eigenvalue weighted by molar-refractivity contribution is 5.81. The molecule has 0 radical (unpaired) electrons. The van der Waals surface area contributed by atoms with E-state index in [9.17, 15) is 9.90 Å². The molecule has 4 nitrogen and oxygen atoms in total. The lowest BCUT2D eigenvalue weighted by Crippen LogP contribution is -2.44. The first-order valence-corrected chi connectivity index (χ1v) is 6.20. The standard InChI is InChI=1S/C12H24N2O2/c1-9(2)4-6-13-12(16)10(3)14-7-5-11(15)8-14/h9-11,15H,4-8H2,1-3H3,(H,13,16).